The van der Waals surface area contributed by atoms with Crippen molar-refractivity contribution in [2.75, 3.05) is 19.6 Å². The fourth-order valence-corrected chi connectivity index (χ4v) is 2.56. The van der Waals surface area contributed by atoms with Gasteiger partial charge < -0.3 is 10.2 Å². The van der Waals surface area contributed by atoms with Gasteiger partial charge in [-0.05, 0) is 39.2 Å². The van der Waals surface area contributed by atoms with Crippen LogP contribution in [0.3, 0.4) is 0 Å². The highest BCUT2D eigenvalue weighted by atomic mass is 16.2. The highest BCUT2D eigenvalue weighted by Gasteiger charge is 2.31. The summed E-state index contributed by atoms with van der Waals surface area (Å²) in [6.45, 7) is 5.12. The van der Waals surface area contributed by atoms with Crippen LogP contribution >= 0.6 is 0 Å². The summed E-state index contributed by atoms with van der Waals surface area (Å²) in [7, 11) is 0. The topological polar surface area (TPSA) is 32.3 Å². The van der Waals surface area contributed by atoms with Gasteiger partial charge in [0.25, 0.3) is 0 Å². The second kappa shape index (κ2) is 4.30. The molecular formula is C11H20N2O. The number of nitrogens with zero attached hydrogens (tertiary/aromatic N) is 1. The number of carbonyl (C=O) groups excluding carboxylic acids is 1. The van der Waals surface area contributed by atoms with Crippen LogP contribution in [-0.4, -0.2) is 36.5 Å². The van der Waals surface area contributed by atoms with Gasteiger partial charge in [0.05, 0.1) is 5.92 Å². The second-order valence-electron chi connectivity index (χ2n) is 4.57. The van der Waals surface area contributed by atoms with Crippen molar-refractivity contribution < 1.29 is 4.79 Å². The lowest BCUT2D eigenvalue weighted by Gasteiger charge is -2.29. The number of likely N-dealkylation sites (tertiary alicyclic amines) is 1. The van der Waals surface area contributed by atoms with E-state index in [0.717, 1.165) is 32.5 Å². The van der Waals surface area contributed by atoms with Gasteiger partial charge in [0.2, 0.25) is 5.91 Å². The lowest BCUT2D eigenvalue weighted by molar-refractivity contribution is -0.136. The molecule has 3 nitrogen and oxygen atoms in total. The molecule has 2 rings (SSSR count). The highest BCUT2D eigenvalue weighted by Crippen LogP contribution is 2.21. The highest BCUT2D eigenvalue weighted by molar-refractivity contribution is 5.79. The van der Waals surface area contributed by atoms with Gasteiger partial charge in [-0.2, -0.15) is 0 Å². The van der Waals surface area contributed by atoms with Crippen molar-refractivity contribution in [2.24, 2.45) is 5.92 Å². The molecule has 0 spiro atoms. The van der Waals surface area contributed by atoms with Gasteiger partial charge in [-0.3, -0.25) is 4.79 Å². The zero-order valence-electron chi connectivity index (χ0n) is 8.96. The van der Waals surface area contributed by atoms with Gasteiger partial charge >= 0.3 is 0 Å². The molecule has 0 aliphatic carbocycles. The third kappa shape index (κ3) is 1.92. The first-order valence-corrected chi connectivity index (χ1v) is 5.80. The number of amides is 1. The number of rotatable bonds is 1. The molecule has 0 radical (unpaired) electrons. The van der Waals surface area contributed by atoms with Crippen LogP contribution < -0.4 is 5.32 Å². The van der Waals surface area contributed by atoms with Crippen LogP contribution in [0.1, 0.15) is 32.6 Å². The molecule has 2 fully saturated rings. The molecule has 0 saturated carbocycles. The first kappa shape index (κ1) is 9.97. The Morgan fingerprint density at radius 2 is 2.21 bits per heavy atom. The fraction of sp³-hybridized carbons (Fsp3) is 0.909. The van der Waals surface area contributed by atoms with Crippen LogP contribution in [0.5, 0.6) is 0 Å². The van der Waals surface area contributed by atoms with Crippen LogP contribution in [0.15, 0.2) is 0 Å². The molecule has 0 unspecified atom stereocenters. The first-order chi connectivity index (χ1) is 6.79. The molecule has 2 aliphatic rings. The van der Waals surface area contributed by atoms with Crippen LogP contribution in [0.25, 0.3) is 0 Å². The number of piperidine rings is 1. The van der Waals surface area contributed by atoms with Crippen molar-refractivity contribution in [2.45, 2.75) is 38.6 Å². The maximum absolute atomic E-state index is 12.1. The van der Waals surface area contributed by atoms with Gasteiger partial charge in [0.15, 0.2) is 0 Å². The minimum Gasteiger partial charge on any atom is -0.340 e. The maximum atomic E-state index is 12.1. The van der Waals surface area contributed by atoms with E-state index in [9.17, 15) is 4.79 Å². The van der Waals surface area contributed by atoms with E-state index in [0.29, 0.717) is 11.9 Å². The maximum Gasteiger partial charge on any atom is 0.227 e. The summed E-state index contributed by atoms with van der Waals surface area (Å²) in [5.74, 6) is 0.645. The van der Waals surface area contributed by atoms with Crippen LogP contribution in [0, 0.1) is 5.92 Å². The molecule has 0 aromatic carbocycles. The predicted octanol–water partition coefficient (Wildman–Crippen LogP) is 0.997. The normalized spacial score (nSPS) is 33.4. The average Bonchev–Trinajstić information content (AvgIpc) is 2.65. The van der Waals surface area contributed by atoms with Crippen molar-refractivity contribution in [1.82, 2.24) is 10.2 Å². The number of hydrogen-bond acceptors (Lipinski definition) is 2. The molecule has 0 aromatic heterocycles. The fourth-order valence-electron chi connectivity index (χ4n) is 2.56. The summed E-state index contributed by atoms with van der Waals surface area (Å²) in [5.41, 5.74) is 0. The van der Waals surface area contributed by atoms with Gasteiger partial charge in [0, 0.05) is 19.1 Å². The monoisotopic (exact) mass is 196 g/mol. The largest absolute Gasteiger partial charge is 0.340 e. The minimum atomic E-state index is 0.254. The van der Waals surface area contributed by atoms with Crippen LogP contribution in [0.4, 0.5) is 0 Å². The molecule has 0 bridgehead atoms. The Morgan fingerprint density at radius 1 is 1.36 bits per heavy atom. The summed E-state index contributed by atoms with van der Waals surface area (Å²) in [4.78, 5) is 14.2. The number of hydrogen-bond donors (Lipinski definition) is 1. The molecular weight excluding hydrogens is 176 g/mol. The first-order valence-electron chi connectivity index (χ1n) is 5.80. The molecule has 2 heterocycles. The van der Waals surface area contributed by atoms with Gasteiger partial charge in [-0.15, -0.1) is 0 Å². The molecule has 80 valence electrons. The van der Waals surface area contributed by atoms with E-state index in [1.807, 2.05) is 0 Å². The summed E-state index contributed by atoms with van der Waals surface area (Å²) in [6, 6.07) is 0.476. The van der Waals surface area contributed by atoms with E-state index >= 15 is 0 Å². The lowest BCUT2D eigenvalue weighted by atomic mass is 9.98. The minimum absolute atomic E-state index is 0.254. The molecule has 2 saturated heterocycles. The van der Waals surface area contributed by atoms with Crippen molar-refractivity contribution >= 4 is 5.91 Å². The SMILES string of the molecule is C[C@H]1CCCN1C(=O)[C@H]1CCCNC1. The number of carbonyl (C=O) groups is 1. The van der Waals surface area contributed by atoms with E-state index in [2.05, 4.69) is 17.1 Å². The average molecular weight is 196 g/mol. The molecule has 14 heavy (non-hydrogen) atoms. The Hall–Kier alpha value is -0.570. The zero-order chi connectivity index (χ0) is 9.97. The van der Waals surface area contributed by atoms with Crippen molar-refractivity contribution in [3.8, 4) is 0 Å². The Balaban J connectivity index is 1.92. The molecule has 2 atom stereocenters. The van der Waals surface area contributed by atoms with Gasteiger partial charge in [-0.1, -0.05) is 0 Å². The van der Waals surface area contributed by atoms with E-state index in [1.165, 1.54) is 12.8 Å². The summed E-state index contributed by atoms with van der Waals surface area (Å²) >= 11 is 0. The van der Waals surface area contributed by atoms with Gasteiger partial charge in [-0.25, -0.2) is 0 Å². The van der Waals surface area contributed by atoms with Crippen molar-refractivity contribution in [3.63, 3.8) is 0 Å². The summed E-state index contributed by atoms with van der Waals surface area (Å²) in [6.07, 6.45) is 4.60. The van der Waals surface area contributed by atoms with Crippen molar-refractivity contribution in [3.05, 3.63) is 0 Å². The third-order valence-corrected chi connectivity index (χ3v) is 3.48. The Labute approximate surface area is 85.8 Å². The third-order valence-electron chi connectivity index (χ3n) is 3.48. The zero-order valence-corrected chi connectivity index (χ0v) is 8.96. The van der Waals surface area contributed by atoms with E-state index in [4.69, 9.17) is 0 Å². The Bertz CT molecular complexity index is 211. The molecule has 0 aromatic rings. The van der Waals surface area contributed by atoms with Crippen LogP contribution in [-0.2, 0) is 4.79 Å². The number of nitrogens with one attached hydrogen (secondary N) is 1. The quantitative estimate of drug-likeness (QED) is 0.678. The van der Waals surface area contributed by atoms with E-state index in [1.54, 1.807) is 0 Å². The summed E-state index contributed by atoms with van der Waals surface area (Å²) in [5, 5.41) is 3.31. The standard InChI is InChI=1S/C11H20N2O/c1-9-4-3-7-13(9)11(14)10-5-2-6-12-8-10/h9-10,12H,2-8H2,1H3/t9-,10-/m0/s1. The lowest BCUT2D eigenvalue weighted by Crippen LogP contribution is -2.44. The predicted molar refractivity (Wildman–Crippen MR) is 56.0 cm³/mol. The molecule has 1 amide bonds. The smallest absolute Gasteiger partial charge is 0.227 e. The Morgan fingerprint density at radius 3 is 2.79 bits per heavy atom. The summed E-state index contributed by atoms with van der Waals surface area (Å²) < 4.78 is 0. The van der Waals surface area contributed by atoms with Crippen LogP contribution in [0.2, 0.25) is 0 Å². The second-order valence-corrected chi connectivity index (χ2v) is 4.57. The van der Waals surface area contributed by atoms with E-state index < -0.39 is 0 Å². The van der Waals surface area contributed by atoms with Crippen molar-refractivity contribution in [1.29, 1.82) is 0 Å². The van der Waals surface area contributed by atoms with Gasteiger partial charge in [0.1, 0.15) is 0 Å². The molecule has 1 N–H and O–H groups in total. The molecule has 3 heteroatoms. The van der Waals surface area contributed by atoms with E-state index in [-0.39, 0.29) is 5.92 Å². The Kier molecular flexibility index (Phi) is 3.06. The molecule has 2 aliphatic heterocycles.